The number of nitrogens with one attached hydrogen (secondary N) is 1. The first-order valence-corrected chi connectivity index (χ1v) is 5.78. The van der Waals surface area contributed by atoms with Crippen molar-refractivity contribution in [1.29, 1.82) is 0 Å². The highest BCUT2D eigenvalue weighted by molar-refractivity contribution is 5.90. The molecular weight excluding hydrogens is 226 g/mol. The Bertz CT molecular complexity index is 552. The fourth-order valence-corrected chi connectivity index (χ4v) is 1.75. The predicted octanol–water partition coefficient (Wildman–Crippen LogP) is 2.27. The maximum absolute atomic E-state index is 11.8. The molecule has 0 fully saturated rings. The van der Waals surface area contributed by atoms with Crippen molar-refractivity contribution in [2.24, 2.45) is 0 Å². The van der Waals surface area contributed by atoms with Crippen LogP contribution in [0.2, 0.25) is 0 Å². The largest absolute Gasteiger partial charge is 0.294 e. The van der Waals surface area contributed by atoms with E-state index in [0.717, 1.165) is 11.1 Å². The number of rotatable bonds is 3. The highest BCUT2D eigenvalue weighted by Crippen LogP contribution is 2.11. The van der Waals surface area contributed by atoms with Crippen LogP contribution in [0, 0.1) is 13.8 Å². The number of aromatic nitrogens is 2. The third-order valence-corrected chi connectivity index (χ3v) is 2.67. The first kappa shape index (κ1) is 12.2. The second-order valence-corrected chi connectivity index (χ2v) is 4.23. The third-order valence-electron chi connectivity index (χ3n) is 2.67. The molecule has 4 nitrogen and oxygen atoms in total. The van der Waals surface area contributed by atoms with Gasteiger partial charge < -0.3 is 0 Å². The van der Waals surface area contributed by atoms with Gasteiger partial charge in [-0.25, -0.2) is 9.97 Å². The maximum atomic E-state index is 11.8. The molecule has 18 heavy (non-hydrogen) atoms. The highest BCUT2D eigenvalue weighted by Gasteiger charge is 2.07. The number of hydrogen-bond acceptors (Lipinski definition) is 3. The van der Waals surface area contributed by atoms with Gasteiger partial charge in [0.15, 0.2) is 0 Å². The second-order valence-electron chi connectivity index (χ2n) is 4.23. The molecule has 0 aliphatic rings. The fraction of sp³-hybridized carbons (Fsp3) is 0.214. The number of aryl methyl sites for hydroxylation is 2. The van der Waals surface area contributed by atoms with Gasteiger partial charge in [0.25, 0.3) is 0 Å². The molecule has 2 aromatic rings. The molecule has 4 heteroatoms. The minimum absolute atomic E-state index is 0.104. The molecule has 0 radical (unpaired) electrons. The lowest BCUT2D eigenvalue weighted by Crippen LogP contribution is -2.16. The van der Waals surface area contributed by atoms with Crippen LogP contribution < -0.4 is 5.32 Å². The molecule has 1 aromatic carbocycles. The normalized spacial score (nSPS) is 10.1. The summed E-state index contributed by atoms with van der Waals surface area (Å²) in [6, 6.07) is 7.77. The SMILES string of the molecule is Cc1ccc(CC(=O)Nc2ncccn2)c(C)c1. The summed E-state index contributed by atoms with van der Waals surface area (Å²) in [4.78, 5) is 19.7. The minimum Gasteiger partial charge on any atom is -0.294 e. The molecule has 0 atom stereocenters. The molecular formula is C14H15N3O. The topological polar surface area (TPSA) is 54.9 Å². The molecule has 1 N–H and O–H groups in total. The summed E-state index contributed by atoms with van der Waals surface area (Å²) in [6.45, 7) is 4.04. The summed E-state index contributed by atoms with van der Waals surface area (Å²) in [7, 11) is 0. The van der Waals surface area contributed by atoms with Crippen LogP contribution >= 0.6 is 0 Å². The molecule has 0 aliphatic carbocycles. The molecule has 0 aliphatic heterocycles. The van der Waals surface area contributed by atoms with Gasteiger partial charge in [0.1, 0.15) is 0 Å². The van der Waals surface area contributed by atoms with Gasteiger partial charge in [-0.15, -0.1) is 0 Å². The zero-order valence-electron chi connectivity index (χ0n) is 10.5. The first-order chi connectivity index (χ1) is 8.65. The lowest BCUT2D eigenvalue weighted by Gasteiger charge is -2.07. The molecule has 0 spiro atoms. The molecule has 0 saturated heterocycles. The van der Waals surface area contributed by atoms with Crippen molar-refractivity contribution >= 4 is 11.9 Å². The Labute approximate surface area is 106 Å². The van der Waals surface area contributed by atoms with Gasteiger partial charge in [0.2, 0.25) is 11.9 Å². The van der Waals surface area contributed by atoms with E-state index in [-0.39, 0.29) is 5.91 Å². The number of hydrogen-bond donors (Lipinski definition) is 1. The number of benzene rings is 1. The van der Waals surface area contributed by atoms with Crippen molar-refractivity contribution in [3.05, 3.63) is 53.3 Å². The smallest absolute Gasteiger partial charge is 0.231 e. The highest BCUT2D eigenvalue weighted by atomic mass is 16.1. The van der Waals surface area contributed by atoms with Crippen LogP contribution in [0.4, 0.5) is 5.95 Å². The monoisotopic (exact) mass is 241 g/mol. The van der Waals surface area contributed by atoms with Crippen LogP contribution in [0.25, 0.3) is 0 Å². The van der Waals surface area contributed by atoms with Crippen LogP contribution in [0.5, 0.6) is 0 Å². The van der Waals surface area contributed by atoms with Gasteiger partial charge in [-0.1, -0.05) is 23.8 Å². The zero-order valence-corrected chi connectivity index (χ0v) is 10.5. The van der Waals surface area contributed by atoms with Crippen LogP contribution in [0.3, 0.4) is 0 Å². The number of amides is 1. The van der Waals surface area contributed by atoms with Crippen molar-refractivity contribution in [1.82, 2.24) is 9.97 Å². The van der Waals surface area contributed by atoms with Crippen molar-refractivity contribution in [3.8, 4) is 0 Å². The van der Waals surface area contributed by atoms with E-state index in [4.69, 9.17) is 0 Å². The summed E-state index contributed by atoms with van der Waals surface area (Å²) >= 11 is 0. The van der Waals surface area contributed by atoms with E-state index in [9.17, 15) is 4.79 Å². The zero-order chi connectivity index (χ0) is 13.0. The summed E-state index contributed by atoms with van der Waals surface area (Å²) in [5.74, 6) is 0.236. The van der Waals surface area contributed by atoms with Crippen molar-refractivity contribution in [2.75, 3.05) is 5.32 Å². The van der Waals surface area contributed by atoms with Crippen LogP contribution in [0.15, 0.2) is 36.7 Å². The fourth-order valence-electron chi connectivity index (χ4n) is 1.75. The number of carbonyl (C=O) groups excluding carboxylic acids is 1. The van der Waals surface area contributed by atoms with Gasteiger partial charge in [0, 0.05) is 12.4 Å². The lowest BCUT2D eigenvalue weighted by molar-refractivity contribution is -0.115. The van der Waals surface area contributed by atoms with Crippen molar-refractivity contribution in [2.45, 2.75) is 20.3 Å². The summed E-state index contributed by atoms with van der Waals surface area (Å²) < 4.78 is 0. The first-order valence-electron chi connectivity index (χ1n) is 5.78. The number of nitrogens with zero attached hydrogens (tertiary/aromatic N) is 2. The molecule has 92 valence electrons. The Morgan fingerprint density at radius 1 is 1.22 bits per heavy atom. The van der Waals surface area contributed by atoms with E-state index < -0.39 is 0 Å². The van der Waals surface area contributed by atoms with Crippen LogP contribution in [0.1, 0.15) is 16.7 Å². The predicted molar refractivity (Wildman–Crippen MR) is 70.3 cm³/mol. The molecule has 1 aromatic heterocycles. The van der Waals surface area contributed by atoms with Gasteiger partial charge in [-0.05, 0) is 31.0 Å². The Morgan fingerprint density at radius 3 is 2.61 bits per heavy atom. The van der Waals surface area contributed by atoms with Crippen LogP contribution in [-0.2, 0) is 11.2 Å². The van der Waals surface area contributed by atoms with Crippen LogP contribution in [-0.4, -0.2) is 15.9 Å². The maximum Gasteiger partial charge on any atom is 0.231 e. The molecule has 1 amide bonds. The number of anilines is 1. The summed E-state index contributed by atoms with van der Waals surface area (Å²) in [5, 5.41) is 2.67. The Kier molecular flexibility index (Phi) is 3.67. The average Bonchev–Trinajstić information content (AvgIpc) is 2.34. The number of carbonyl (C=O) groups is 1. The lowest BCUT2D eigenvalue weighted by atomic mass is 10.0. The van der Waals surface area contributed by atoms with Gasteiger partial charge in [0.05, 0.1) is 6.42 Å². The summed E-state index contributed by atoms with van der Waals surface area (Å²) in [5.41, 5.74) is 3.34. The molecule has 0 bridgehead atoms. The Morgan fingerprint density at radius 2 is 1.94 bits per heavy atom. The van der Waals surface area contributed by atoms with Gasteiger partial charge in [-0.2, -0.15) is 0 Å². The van der Waals surface area contributed by atoms with E-state index in [0.29, 0.717) is 12.4 Å². The van der Waals surface area contributed by atoms with Crippen molar-refractivity contribution < 1.29 is 4.79 Å². The molecule has 1 heterocycles. The van der Waals surface area contributed by atoms with E-state index in [1.807, 2.05) is 26.0 Å². The standard InChI is InChI=1S/C14H15N3O/c1-10-4-5-12(11(2)8-10)9-13(18)17-14-15-6-3-7-16-14/h3-8H,9H2,1-2H3,(H,15,16,17,18). The van der Waals surface area contributed by atoms with E-state index in [2.05, 4.69) is 21.4 Å². The van der Waals surface area contributed by atoms with E-state index in [1.54, 1.807) is 18.5 Å². The second kappa shape index (κ2) is 5.40. The van der Waals surface area contributed by atoms with Crippen molar-refractivity contribution in [3.63, 3.8) is 0 Å². The third kappa shape index (κ3) is 3.13. The molecule has 0 saturated carbocycles. The van der Waals surface area contributed by atoms with E-state index in [1.165, 1.54) is 5.56 Å². The molecule has 0 unspecified atom stereocenters. The minimum atomic E-state index is -0.104. The van der Waals surface area contributed by atoms with Gasteiger partial charge in [-0.3, -0.25) is 10.1 Å². The summed E-state index contributed by atoms with van der Waals surface area (Å²) in [6.07, 6.45) is 3.53. The Balaban J connectivity index is 2.03. The molecule has 2 rings (SSSR count). The quantitative estimate of drug-likeness (QED) is 0.896. The van der Waals surface area contributed by atoms with E-state index >= 15 is 0 Å². The van der Waals surface area contributed by atoms with Gasteiger partial charge >= 0.3 is 0 Å². The average molecular weight is 241 g/mol. The Hall–Kier alpha value is -2.23.